The van der Waals surface area contributed by atoms with Crippen LogP contribution in [0.1, 0.15) is 26.2 Å². The number of nitrogens with zero attached hydrogens (tertiary/aromatic N) is 2. The van der Waals surface area contributed by atoms with Crippen molar-refractivity contribution in [2.24, 2.45) is 5.10 Å². The quantitative estimate of drug-likeness (QED) is 0.0595. The van der Waals surface area contributed by atoms with E-state index in [1.807, 2.05) is 5.43 Å². The molecule has 1 saturated heterocycles. The summed E-state index contributed by atoms with van der Waals surface area (Å²) in [6, 6.07) is 0. The zero-order valence-electron chi connectivity index (χ0n) is 27.7. The summed E-state index contributed by atoms with van der Waals surface area (Å²) >= 11 is 5.36. The lowest BCUT2D eigenvalue weighted by molar-refractivity contribution is -0.118. The largest absolute Gasteiger partial charge is 0.417 e. The van der Waals surface area contributed by atoms with E-state index >= 15 is 0 Å². The Kier molecular flexibility index (Phi) is 34.1. The van der Waals surface area contributed by atoms with E-state index in [0.29, 0.717) is 25.8 Å². The molecule has 10 nitrogen and oxygen atoms in total. The molecule has 1 aliphatic heterocycles. The molecule has 1 fully saturated rings. The van der Waals surface area contributed by atoms with E-state index in [1.54, 1.807) is 36.5 Å². The lowest BCUT2D eigenvalue weighted by atomic mass is 10.1. The highest BCUT2D eigenvalue weighted by Crippen LogP contribution is 2.31. The minimum Gasteiger partial charge on any atom is -0.394 e. The minimum absolute atomic E-state index is 0.000196. The Morgan fingerprint density at radius 1 is 0.917 bits per heavy atom. The molecule has 0 aromatic carbocycles. The summed E-state index contributed by atoms with van der Waals surface area (Å²) in [5.41, 5.74) is 0.944. The SMILES string of the molecule is C=C/C=C/NC(C)=O.C=C/C=C\C=C\C(=O)NCCOCCO.C=CC(=O)N/N=C/C=C/C(=C(/Cl)C=C)C(F)(F)F.CN1CCCCC1. The second-order valence-electron chi connectivity index (χ2n) is 9.05. The molecule has 48 heavy (non-hydrogen) atoms. The molecule has 4 N–H and O–H groups in total. The number of hydrogen-bond donors (Lipinski definition) is 4. The number of hydrazone groups is 1. The average Bonchev–Trinajstić information content (AvgIpc) is 3.05. The van der Waals surface area contributed by atoms with Crippen LogP contribution in [-0.4, -0.2) is 86.6 Å². The van der Waals surface area contributed by atoms with Crippen LogP contribution in [0.25, 0.3) is 0 Å². The van der Waals surface area contributed by atoms with Crippen molar-refractivity contribution < 1.29 is 37.4 Å². The summed E-state index contributed by atoms with van der Waals surface area (Å²) in [6.45, 7) is 18.5. The molecule has 0 aromatic heterocycles. The molecule has 0 aliphatic carbocycles. The molecule has 0 aromatic rings. The third-order valence-electron chi connectivity index (χ3n) is 5.01. The van der Waals surface area contributed by atoms with Gasteiger partial charge in [0.25, 0.3) is 5.91 Å². The number of halogens is 4. The van der Waals surface area contributed by atoms with Gasteiger partial charge < -0.3 is 25.4 Å². The summed E-state index contributed by atoms with van der Waals surface area (Å²) in [4.78, 5) is 34.2. The lowest BCUT2D eigenvalue weighted by Crippen LogP contribution is -2.25. The summed E-state index contributed by atoms with van der Waals surface area (Å²) < 4.78 is 42.4. The molecular formula is C34H49ClF3N5O5. The number of carbonyl (C=O) groups excluding carboxylic acids is 3. The molecule has 0 saturated carbocycles. The van der Waals surface area contributed by atoms with Crippen LogP contribution in [0.3, 0.4) is 0 Å². The van der Waals surface area contributed by atoms with Crippen LogP contribution < -0.4 is 16.1 Å². The maximum absolute atomic E-state index is 12.5. The molecule has 0 spiro atoms. The molecule has 0 unspecified atom stereocenters. The summed E-state index contributed by atoms with van der Waals surface area (Å²) in [5, 5.41) is 16.3. The lowest BCUT2D eigenvalue weighted by Gasteiger charge is -2.20. The number of amides is 3. The number of hydrogen-bond acceptors (Lipinski definition) is 7. The van der Waals surface area contributed by atoms with Crippen LogP contribution in [0.4, 0.5) is 13.2 Å². The van der Waals surface area contributed by atoms with Gasteiger partial charge in [0.2, 0.25) is 11.8 Å². The third kappa shape index (κ3) is 36.2. The molecule has 0 radical (unpaired) electrons. The average molecular weight is 700 g/mol. The number of ether oxygens (including phenoxy) is 1. The van der Waals surface area contributed by atoms with Gasteiger partial charge in [-0.1, -0.05) is 80.8 Å². The normalized spacial score (nSPS) is 13.7. The molecule has 0 bridgehead atoms. The van der Waals surface area contributed by atoms with Gasteiger partial charge in [-0.15, -0.1) is 0 Å². The first-order valence-electron chi connectivity index (χ1n) is 14.7. The van der Waals surface area contributed by atoms with Gasteiger partial charge >= 0.3 is 6.18 Å². The fourth-order valence-electron chi connectivity index (χ4n) is 2.79. The van der Waals surface area contributed by atoms with Gasteiger partial charge in [0, 0.05) is 32.0 Å². The monoisotopic (exact) mass is 699 g/mol. The topological polar surface area (TPSA) is 132 Å². The van der Waals surface area contributed by atoms with Crippen molar-refractivity contribution in [2.45, 2.75) is 32.4 Å². The smallest absolute Gasteiger partial charge is 0.394 e. The molecule has 0 atom stereocenters. The fraction of sp³-hybridized carbons (Fsp3) is 0.353. The Labute approximate surface area is 287 Å². The number of piperidine rings is 1. The van der Waals surface area contributed by atoms with Crippen LogP contribution in [0.5, 0.6) is 0 Å². The van der Waals surface area contributed by atoms with Gasteiger partial charge in [0.15, 0.2) is 0 Å². The maximum atomic E-state index is 12.5. The summed E-state index contributed by atoms with van der Waals surface area (Å²) in [5.74, 6) is -0.810. The van der Waals surface area contributed by atoms with Gasteiger partial charge in [0.1, 0.15) is 0 Å². The predicted octanol–water partition coefficient (Wildman–Crippen LogP) is 5.41. The Morgan fingerprint density at radius 2 is 1.56 bits per heavy atom. The molecule has 1 rings (SSSR count). The third-order valence-corrected chi connectivity index (χ3v) is 5.37. The van der Waals surface area contributed by atoms with Crippen LogP contribution >= 0.6 is 11.6 Å². The van der Waals surface area contributed by atoms with Crippen molar-refractivity contribution in [1.82, 2.24) is 21.0 Å². The van der Waals surface area contributed by atoms with Crippen molar-refractivity contribution in [3.8, 4) is 0 Å². The number of aliphatic hydroxyl groups is 1. The highest BCUT2D eigenvalue weighted by atomic mass is 35.5. The first kappa shape index (κ1) is 48.1. The fourth-order valence-corrected chi connectivity index (χ4v) is 2.96. The van der Waals surface area contributed by atoms with E-state index in [-0.39, 0.29) is 18.4 Å². The molecule has 268 valence electrons. The Hall–Kier alpha value is -4.30. The number of rotatable bonds is 15. The number of likely N-dealkylation sites (tertiary alicyclic amines) is 1. The molecule has 14 heteroatoms. The second kappa shape index (κ2) is 34.0. The van der Waals surface area contributed by atoms with Crippen LogP contribution in [-0.2, 0) is 19.1 Å². The standard InChI is InChI=1S/C11H10ClF3N2O.C11H17NO3.C6H9NO.C6H13N/c1-3-9(12)8(11(13,14)15)6-5-7-16-17-10(18)4-2;1-2-3-4-5-6-11(14)12-7-9-15-10-8-13;1-3-4-5-7-6(2)8;1-7-5-3-2-4-6-7/h3-7H,1-2H2,(H,17,18);2-6,13H,1,7-10H2,(H,12,14);3-5H,1H2,2H3,(H,7,8);2-6H2,1H3/b6-5+,9-8-,16-7+;4-3-,6-5+;5-4+;. The van der Waals surface area contributed by atoms with E-state index in [2.05, 4.69) is 54.0 Å². The molecule has 3 amide bonds. The molecule has 1 aliphatic rings. The van der Waals surface area contributed by atoms with Gasteiger partial charge in [-0.05, 0) is 57.3 Å². The number of alkyl halides is 3. The van der Waals surface area contributed by atoms with Gasteiger partial charge in [-0.25, -0.2) is 5.43 Å². The van der Waals surface area contributed by atoms with Gasteiger partial charge in [-0.3, -0.25) is 14.4 Å². The second-order valence-corrected chi connectivity index (χ2v) is 9.45. The van der Waals surface area contributed by atoms with Crippen molar-refractivity contribution in [3.05, 3.63) is 110 Å². The number of allylic oxidation sites excluding steroid dienone is 11. The maximum Gasteiger partial charge on any atom is 0.417 e. The van der Waals surface area contributed by atoms with Crippen molar-refractivity contribution in [3.63, 3.8) is 0 Å². The van der Waals surface area contributed by atoms with E-state index in [9.17, 15) is 27.6 Å². The Balaban J connectivity index is -0.000000601. The summed E-state index contributed by atoms with van der Waals surface area (Å²) in [7, 11) is 2.19. The Morgan fingerprint density at radius 3 is 2.04 bits per heavy atom. The minimum atomic E-state index is -4.60. The van der Waals surface area contributed by atoms with E-state index in [0.717, 1.165) is 24.4 Å². The molecule has 1 heterocycles. The van der Waals surface area contributed by atoms with Crippen molar-refractivity contribution in [2.75, 3.05) is 46.5 Å². The predicted molar refractivity (Wildman–Crippen MR) is 189 cm³/mol. The van der Waals surface area contributed by atoms with E-state index < -0.39 is 22.7 Å². The van der Waals surface area contributed by atoms with Crippen LogP contribution in [0.2, 0.25) is 0 Å². The first-order valence-corrected chi connectivity index (χ1v) is 15.0. The molecular weight excluding hydrogens is 651 g/mol. The van der Waals surface area contributed by atoms with Crippen molar-refractivity contribution >= 4 is 35.5 Å². The number of carbonyl (C=O) groups is 3. The van der Waals surface area contributed by atoms with Crippen LogP contribution in [0, 0.1) is 0 Å². The van der Waals surface area contributed by atoms with Crippen LogP contribution in [0.15, 0.2) is 115 Å². The zero-order valence-corrected chi connectivity index (χ0v) is 28.4. The van der Waals surface area contributed by atoms with E-state index in [4.69, 9.17) is 21.4 Å². The zero-order chi connectivity index (χ0) is 37.1. The number of aliphatic hydroxyl groups excluding tert-OH is 1. The number of nitrogens with one attached hydrogen (secondary N) is 3. The Bertz CT molecular complexity index is 1140. The van der Waals surface area contributed by atoms with E-state index in [1.165, 1.54) is 51.6 Å². The first-order chi connectivity index (χ1) is 22.8. The van der Waals surface area contributed by atoms with Gasteiger partial charge in [-0.2, -0.15) is 18.3 Å². The van der Waals surface area contributed by atoms with Gasteiger partial charge in [0.05, 0.1) is 30.4 Å². The van der Waals surface area contributed by atoms with Crippen molar-refractivity contribution in [1.29, 1.82) is 0 Å². The highest BCUT2D eigenvalue weighted by molar-refractivity contribution is 6.31. The highest BCUT2D eigenvalue weighted by Gasteiger charge is 2.33. The summed E-state index contributed by atoms with van der Waals surface area (Å²) in [6.07, 6.45) is 17.1.